The predicted octanol–water partition coefficient (Wildman–Crippen LogP) is 2.10. The van der Waals surface area contributed by atoms with E-state index in [0.29, 0.717) is 17.3 Å². The van der Waals surface area contributed by atoms with Crippen LogP contribution in [0.1, 0.15) is 11.3 Å². The van der Waals surface area contributed by atoms with Gasteiger partial charge in [0.25, 0.3) is 0 Å². The van der Waals surface area contributed by atoms with Crippen LogP contribution in [0.5, 0.6) is 11.5 Å². The molecule has 0 spiro atoms. The molecular weight excluding hydrogens is 294 g/mol. The van der Waals surface area contributed by atoms with Gasteiger partial charge in [-0.2, -0.15) is 0 Å². The number of fused-ring (bicyclic) bond motifs is 1. The molecule has 0 fully saturated rings. The number of benzene rings is 1. The Hall–Kier alpha value is -2.25. The zero-order valence-electron chi connectivity index (χ0n) is 11.0. The van der Waals surface area contributed by atoms with E-state index in [2.05, 4.69) is 4.72 Å². The molecule has 3 rings (SSSR count). The number of ether oxygens (including phenoxy) is 2. The number of furan rings is 1. The summed E-state index contributed by atoms with van der Waals surface area (Å²) in [6, 6.07) is 8.65. The number of sulfonamides is 1. The molecular formula is C14H13NO5S. The fourth-order valence-corrected chi connectivity index (χ4v) is 2.60. The van der Waals surface area contributed by atoms with E-state index >= 15 is 0 Å². The van der Waals surface area contributed by atoms with Crippen molar-refractivity contribution >= 4 is 16.1 Å². The van der Waals surface area contributed by atoms with Gasteiger partial charge in [0.1, 0.15) is 5.76 Å². The molecule has 0 saturated heterocycles. The molecule has 0 amide bonds. The van der Waals surface area contributed by atoms with Gasteiger partial charge in [-0.3, -0.25) is 0 Å². The van der Waals surface area contributed by atoms with E-state index in [9.17, 15) is 8.42 Å². The van der Waals surface area contributed by atoms with Crippen LogP contribution in [0.3, 0.4) is 0 Å². The van der Waals surface area contributed by atoms with Crippen molar-refractivity contribution in [3.63, 3.8) is 0 Å². The highest BCUT2D eigenvalue weighted by atomic mass is 32.2. The molecule has 2 heterocycles. The molecule has 0 radical (unpaired) electrons. The summed E-state index contributed by atoms with van der Waals surface area (Å²) in [4.78, 5) is 0. The van der Waals surface area contributed by atoms with Crippen LogP contribution in [0.25, 0.3) is 6.08 Å². The summed E-state index contributed by atoms with van der Waals surface area (Å²) in [5, 5.41) is 1.07. The fraction of sp³-hybridized carbons (Fsp3) is 0.143. The van der Waals surface area contributed by atoms with Gasteiger partial charge >= 0.3 is 0 Å². The zero-order valence-corrected chi connectivity index (χ0v) is 11.8. The third-order valence-electron chi connectivity index (χ3n) is 2.87. The van der Waals surface area contributed by atoms with E-state index in [-0.39, 0.29) is 13.3 Å². The molecule has 1 aromatic carbocycles. The summed E-state index contributed by atoms with van der Waals surface area (Å²) in [6.45, 7) is 0.359. The first-order valence-electron chi connectivity index (χ1n) is 6.22. The van der Waals surface area contributed by atoms with Gasteiger partial charge < -0.3 is 13.9 Å². The zero-order chi connectivity index (χ0) is 14.7. The van der Waals surface area contributed by atoms with Crippen molar-refractivity contribution in [1.29, 1.82) is 0 Å². The molecule has 6 nitrogen and oxygen atoms in total. The van der Waals surface area contributed by atoms with Crippen molar-refractivity contribution in [3.05, 3.63) is 53.3 Å². The number of hydrogen-bond acceptors (Lipinski definition) is 5. The van der Waals surface area contributed by atoms with E-state index in [4.69, 9.17) is 13.9 Å². The van der Waals surface area contributed by atoms with Crippen molar-refractivity contribution in [2.45, 2.75) is 6.54 Å². The van der Waals surface area contributed by atoms with Crippen LogP contribution < -0.4 is 14.2 Å². The second-order valence-corrected chi connectivity index (χ2v) is 6.02. The molecule has 0 bridgehead atoms. The average Bonchev–Trinajstić information content (AvgIpc) is 3.13. The van der Waals surface area contributed by atoms with Crippen molar-refractivity contribution in [2.75, 3.05) is 6.79 Å². The maximum Gasteiger partial charge on any atom is 0.234 e. The third kappa shape index (κ3) is 3.45. The molecule has 110 valence electrons. The van der Waals surface area contributed by atoms with Gasteiger partial charge in [-0.1, -0.05) is 6.07 Å². The Morgan fingerprint density at radius 3 is 2.86 bits per heavy atom. The first-order valence-corrected chi connectivity index (χ1v) is 7.77. The Labute approximate surface area is 122 Å². The van der Waals surface area contributed by atoms with Crippen LogP contribution >= 0.6 is 0 Å². The molecule has 2 aromatic rings. The van der Waals surface area contributed by atoms with Crippen LogP contribution in [0.15, 0.2) is 46.4 Å². The largest absolute Gasteiger partial charge is 0.465 e. The smallest absolute Gasteiger partial charge is 0.234 e. The normalized spacial score (nSPS) is 13.9. The van der Waals surface area contributed by atoms with E-state index < -0.39 is 10.0 Å². The van der Waals surface area contributed by atoms with Crippen molar-refractivity contribution in [3.8, 4) is 11.5 Å². The average molecular weight is 307 g/mol. The van der Waals surface area contributed by atoms with E-state index in [1.807, 2.05) is 0 Å². The lowest BCUT2D eigenvalue weighted by Crippen LogP contribution is -2.20. The van der Waals surface area contributed by atoms with Crippen LogP contribution in [-0.2, 0) is 16.6 Å². The van der Waals surface area contributed by atoms with E-state index in [1.165, 1.54) is 12.3 Å². The van der Waals surface area contributed by atoms with Crippen molar-refractivity contribution in [1.82, 2.24) is 4.72 Å². The summed E-state index contributed by atoms with van der Waals surface area (Å²) in [7, 11) is -3.53. The minimum absolute atomic E-state index is 0.168. The Bertz CT molecular complexity index is 750. The number of hydrogen-bond donors (Lipinski definition) is 1. The lowest BCUT2D eigenvalue weighted by molar-refractivity contribution is 0.174. The number of nitrogens with one attached hydrogen (secondary N) is 1. The van der Waals surface area contributed by atoms with Crippen LogP contribution in [0.4, 0.5) is 0 Å². The molecule has 0 aliphatic carbocycles. The SMILES string of the molecule is O=S(=O)(/C=C/c1ccco1)NCc1ccc2c(c1)OCO2. The predicted molar refractivity (Wildman–Crippen MR) is 76.1 cm³/mol. The number of rotatable bonds is 5. The molecule has 7 heteroatoms. The quantitative estimate of drug-likeness (QED) is 0.915. The fourth-order valence-electron chi connectivity index (χ4n) is 1.83. The van der Waals surface area contributed by atoms with Gasteiger partial charge in [0.15, 0.2) is 11.5 Å². The van der Waals surface area contributed by atoms with Gasteiger partial charge in [0.2, 0.25) is 16.8 Å². The van der Waals surface area contributed by atoms with Gasteiger partial charge in [0.05, 0.1) is 6.26 Å². The Balaban J connectivity index is 1.64. The molecule has 1 aromatic heterocycles. The topological polar surface area (TPSA) is 77.8 Å². The van der Waals surface area contributed by atoms with Gasteiger partial charge in [-0.05, 0) is 35.9 Å². The minimum atomic E-state index is -3.53. The van der Waals surface area contributed by atoms with E-state index in [0.717, 1.165) is 11.0 Å². The molecule has 0 unspecified atom stereocenters. The van der Waals surface area contributed by atoms with Gasteiger partial charge in [-0.25, -0.2) is 13.1 Å². The second-order valence-electron chi connectivity index (χ2n) is 4.37. The molecule has 1 aliphatic rings. The highest BCUT2D eigenvalue weighted by Gasteiger charge is 2.14. The molecule has 0 saturated carbocycles. The van der Waals surface area contributed by atoms with Gasteiger partial charge in [0, 0.05) is 12.0 Å². The molecule has 1 N–H and O–H groups in total. The van der Waals surface area contributed by atoms with Crippen LogP contribution in [0.2, 0.25) is 0 Å². The van der Waals surface area contributed by atoms with Gasteiger partial charge in [-0.15, -0.1) is 0 Å². The molecule has 0 atom stereocenters. The first-order chi connectivity index (χ1) is 10.1. The summed E-state index contributed by atoms with van der Waals surface area (Å²) in [5.41, 5.74) is 0.786. The lowest BCUT2D eigenvalue weighted by atomic mass is 10.2. The molecule has 1 aliphatic heterocycles. The first kappa shape index (κ1) is 13.7. The third-order valence-corrected chi connectivity index (χ3v) is 3.91. The summed E-state index contributed by atoms with van der Waals surface area (Å²) in [5.74, 6) is 1.76. The standard InChI is InChI=1S/C14H13NO5S/c16-21(17,7-5-12-2-1-6-18-12)15-9-11-3-4-13-14(8-11)20-10-19-13/h1-8,15H,9-10H2/b7-5+. The highest BCUT2D eigenvalue weighted by Crippen LogP contribution is 2.32. The Morgan fingerprint density at radius 2 is 2.05 bits per heavy atom. The van der Waals surface area contributed by atoms with E-state index in [1.54, 1.807) is 30.3 Å². The summed E-state index contributed by atoms with van der Waals surface area (Å²) < 4.78 is 41.6. The van der Waals surface area contributed by atoms with Crippen molar-refractivity contribution < 1.29 is 22.3 Å². The maximum absolute atomic E-state index is 11.8. The van der Waals surface area contributed by atoms with Crippen LogP contribution in [0, 0.1) is 0 Å². The lowest BCUT2D eigenvalue weighted by Gasteiger charge is -2.04. The Morgan fingerprint density at radius 1 is 1.19 bits per heavy atom. The molecule has 21 heavy (non-hydrogen) atoms. The van der Waals surface area contributed by atoms with Crippen molar-refractivity contribution in [2.24, 2.45) is 0 Å². The monoisotopic (exact) mass is 307 g/mol. The Kier molecular flexibility index (Phi) is 3.68. The maximum atomic E-state index is 11.8. The summed E-state index contributed by atoms with van der Waals surface area (Å²) >= 11 is 0. The minimum Gasteiger partial charge on any atom is -0.465 e. The van der Waals surface area contributed by atoms with Crippen LogP contribution in [-0.4, -0.2) is 15.2 Å². The second kappa shape index (κ2) is 5.63. The summed E-state index contributed by atoms with van der Waals surface area (Å²) in [6.07, 6.45) is 2.87. The highest BCUT2D eigenvalue weighted by molar-refractivity contribution is 7.92.